The van der Waals surface area contributed by atoms with E-state index in [-0.39, 0.29) is 0 Å². The fraction of sp³-hybridized carbons (Fsp3) is 0.529. The van der Waals surface area contributed by atoms with Crippen molar-refractivity contribution in [1.29, 1.82) is 0 Å². The van der Waals surface area contributed by atoms with Crippen molar-refractivity contribution in [2.75, 3.05) is 13.1 Å². The molecule has 0 saturated heterocycles. The van der Waals surface area contributed by atoms with Crippen LogP contribution in [-0.4, -0.2) is 13.1 Å². The third-order valence-corrected chi connectivity index (χ3v) is 4.00. The zero-order chi connectivity index (χ0) is 13.5. The molecule has 1 nitrogen and oxygen atoms in total. The molecule has 0 spiro atoms. The maximum absolute atomic E-state index is 6.20. The average molecular weight is 278 g/mol. The lowest BCUT2D eigenvalue weighted by molar-refractivity contribution is 0.714. The summed E-state index contributed by atoms with van der Waals surface area (Å²) in [7, 11) is 0. The van der Waals surface area contributed by atoms with Crippen LogP contribution >= 0.6 is 11.6 Å². The van der Waals surface area contributed by atoms with Gasteiger partial charge in [0.2, 0.25) is 0 Å². The lowest BCUT2D eigenvalue weighted by Crippen LogP contribution is -2.12. The van der Waals surface area contributed by atoms with Crippen LogP contribution in [0, 0.1) is 0 Å². The van der Waals surface area contributed by atoms with Gasteiger partial charge in [0.05, 0.1) is 0 Å². The number of rotatable bonds is 5. The van der Waals surface area contributed by atoms with E-state index in [1.54, 1.807) is 0 Å². The van der Waals surface area contributed by atoms with E-state index in [0.29, 0.717) is 0 Å². The number of benzene rings is 1. The van der Waals surface area contributed by atoms with Gasteiger partial charge in [0.25, 0.3) is 0 Å². The van der Waals surface area contributed by atoms with E-state index in [0.717, 1.165) is 24.5 Å². The molecule has 0 atom stereocenters. The fourth-order valence-electron chi connectivity index (χ4n) is 2.68. The first-order valence-electron chi connectivity index (χ1n) is 7.50. The van der Waals surface area contributed by atoms with Crippen LogP contribution in [0.5, 0.6) is 0 Å². The molecule has 0 fully saturated rings. The topological polar surface area (TPSA) is 12.0 Å². The molecule has 0 amide bonds. The molecule has 0 radical (unpaired) electrons. The summed E-state index contributed by atoms with van der Waals surface area (Å²) in [6.07, 6.45) is 9.74. The number of halogens is 1. The Morgan fingerprint density at radius 1 is 1.26 bits per heavy atom. The van der Waals surface area contributed by atoms with Crippen molar-refractivity contribution in [2.45, 2.75) is 45.4 Å². The van der Waals surface area contributed by atoms with Gasteiger partial charge in [0, 0.05) is 11.6 Å². The zero-order valence-electron chi connectivity index (χ0n) is 11.8. The summed E-state index contributed by atoms with van der Waals surface area (Å²) in [4.78, 5) is 0. The maximum atomic E-state index is 6.20. The van der Waals surface area contributed by atoms with Gasteiger partial charge in [0.15, 0.2) is 0 Å². The van der Waals surface area contributed by atoms with Crippen molar-refractivity contribution in [2.24, 2.45) is 0 Å². The Morgan fingerprint density at radius 3 is 3.00 bits per heavy atom. The summed E-state index contributed by atoms with van der Waals surface area (Å²) in [5.74, 6) is 0. The van der Waals surface area contributed by atoms with Crippen LogP contribution in [-0.2, 0) is 6.42 Å². The van der Waals surface area contributed by atoms with Gasteiger partial charge in [-0.1, -0.05) is 43.5 Å². The van der Waals surface area contributed by atoms with Crippen molar-refractivity contribution in [1.82, 2.24) is 5.32 Å². The Morgan fingerprint density at radius 2 is 2.16 bits per heavy atom. The summed E-state index contributed by atoms with van der Waals surface area (Å²) in [6.45, 7) is 4.35. The van der Waals surface area contributed by atoms with E-state index in [2.05, 4.69) is 30.4 Å². The molecule has 1 aromatic rings. The van der Waals surface area contributed by atoms with Crippen LogP contribution in [0.2, 0.25) is 5.02 Å². The summed E-state index contributed by atoms with van der Waals surface area (Å²) in [5.41, 5.74) is 4.32. The minimum atomic E-state index is 0.854. The second-order valence-corrected chi connectivity index (χ2v) is 5.73. The van der Waals surface area contributed by atoms with Gasteiger partial charge in [0.1, 0.15) is 0 Å². The minimum absolute atomic E-state index is 0.854. The standard InChI is InChI=1S/C17H24ClN/c1-2-3-4-6-14-8-9-16(18)13-17(14)15-7-5-11-19-12-10-15/h8-10,13,19H,2-7,11-12H2,1H3. The molecule has 0 aromatic heterocycles. The second kappa shape index (κ2) is 7.72. The summed E-state index contributed by atoms with van der Waals surface area (Å²) < 4.78 is 0. The smallest absolute Gasteiger partial charge is 0.0412 e. The van der Waals surface area contributed by atoms with Crippen LogP contribution < -0.4 is 5.32 Å². The number of hydrogen-bond acceptors (Lipinski definition) is 1. The van der Waals surface area contributed by atoms with E-state index in [1.165, 1.54) is 48.8 Å². The molecule has 1 aliphatic rings. The lowest BCUT2D eigenvalue weighted by Gasteiger charge is -2.13. The third kappa shape index (κ3) is 4.36. The van der Waals surface area contributed by atoms with Crippen molar-refractivity contribution >= 4 is 17.2 Å². The zero-order valence-corrected chi connectivity index (χ0v) is 12.6. The van der Waals surface area contributed by atoms with Gasteiger partial charge >= 0.3 is 0 Å². The largest absolute Gasteiger partial charge is 0.313 e. The third-order valence-electron chi connectivity index (χ3n) is 3.76. The highest BCUT2D eigenvalue weighted by Gasteiger charge is 2.10. The van der Waals surface area contributed by atoms with E-state index in [9.17, 15) is 0 Å². The Labute approximate surface area is 122 Å². The number of unbranched alkanes of at least 4 members (excludes halogenated alkanes) is 2. The van der Waals surface area contributed by atoms with Crippen molar-refractivity contribution in [3.63, 3.8) is 0 Å². The van der Waals surface area contributed by atoms with Gasteiger partial charge in [-0.25, -0.2) is 0 Å². The molecule has 0 unspecified atom stereocenters. The molecule has 1 N–H and O–H groups in total. The van der Waals surface area contributed by atoms with Gasteiger partial charge in [-0.3, -0.25) is 0 Å². The number of aryl methyl sites for hydroxylation is 1. The quantitative estimate of drug-likeness (QED) is 0.760. The second-order valence-electron chi connectivity index (χ2n) is 5.30. The van der Waals surface area contributed by atoms with E-state index >= 15 is 0 Å². The Bertz CT molecular complexity index is 437. The Balaban J connectivity index is 2.20. The first-order chi connectivity index (χ1) is 9.31. The number of hydrogen-bond donors (Lipinski definition) is 1. The molecule has 2 rings (SSSR count). The van der Waals surface area contributed by atoms with Gasteiger partial charge in [-0.15, -0.1) is 0 Å². The molecule has 0 saturated carbocycles. The molecular formula is C17H24ClN. The minimum Gasteiger partial charge on any atom is -0.313 e. The predicted octanol–water partition coefficient (Wildman–Crippen LogP) is 4.84. The van der Waals surface area contributed by atoms with E-state index in [4.69, 9.17) is 11.6 Å². The molecule has 1 aliphatic heterocycles. The van der Waals surface area contributed by atoms with Crippen LogP contribution in [0.15, 0.2) is 24.3 Å². The molecule has 1 heterocycles. The maximum Gasteiger partial charge on any atom is 0.0412 e. The highest BCUT2D eigenvalue weighted by atomic mass is 35.5. The highest BCUT2D eigenvalue weighted by Crippen LogP contribution is 2.28. The molecule has 0 aliphatic carbocycles. The summed E-state index contributed by atoms with van der Waals surface area (Å²) in [6, 6.07) is 6.40. The molecule has 19 heavy (non-hydrogen) atoms. The monoisotopic (exact) mass is 277 g/mol. The van der Waals surface area contributed by atoms with Crippen molar-refractivity contribution in [3.05, 3.63) is 40.4 Å². The molecule has 2 heteroatoms. The van der Waals surface area contributed by atoms with Crippen LogP contribution in [0.4, 0.5) is 0 Å². The van der Waals surface area contributed by atoms with Crippen molar-refractivity contribution < 1.29 is 0 Å². The Kier molecular flexibility index (Phi) is 5.93. The highest BCUT2D eigenvalue weighted by molar-refractivity contribution is 6.30. The number of allylic oxidation sites excluding steroid dienone is 1. The Hall–Kier alpha value is -0.790. The van der Waals surface area contributed by atoms with Gasteiger partial charge < -0.3 is 5.32 Å². The molecule has 0 bridgehead atoms. The van der Waals surface area contributed by atoms with Gasteiger partial charge in [-0.2, -0.15) is 0 Å². The predicted molar refractivity (Wildman–Crippen MR) is 84.8 cm³/mol. The first-order valence-corrected chi connectivity index (χ1v) is 7.87. The number of nitrogens with one attached hydrogen (secondary N) is 1. The van der Waals surface area contributed by atoms with Crippen molar-refractivity contribution in [3.8, 4) is 0 Å². The van der Waals surface area contributed by atoms with E-state index < -0.39 is 0 Å². The van der Waals surface area contributed by atoms with Crippen LogP contribution in [0.3, 0.4) is 0 Å². The normalized spacial score (nSPS) is 16.0. The average Bonchev–Trinajstić information content (AvgIpc) is 2.69. The lowest BCUT2D eigenvalue weighted by atomic mass is 9.93. The fourth-order valence-corrected chi connectivity index (χ4v) is 2.85. The first kappa shape index (κ1) is 14.6. The van der Waals surface area contributed by atoms with Crippen LogP contribution in [0.25, 0.3) is 5.57 Å². The van der Waals surface area contributed by atoms with E-state index in [1.807, 2.05) is 6.07 Å². The molecule has 104 valence electrons. The summed E-state index contributed by atoms with van der Waals surface area (Å²) >= 11 is 6.20. The SMILES string of the molecule is CCCCCc1ccc(Cl)cc1C1=CCNCCC1. The summed E-state index contributed by atoms with van der Waals surface area (Å²) in [5, 5.41) is 4.28. The molecular weight excluding hydrogens is 254 g/mol. The molecule has 1 aromatic carbocycles. The van der Waals surface area contributed by atoms with Crippen LogP contribution in [0.1, 0.15) is 50.2 Å². The van der Waals surface area contributed by atoms with Gasteiger partial charge in [-0.05, 0) is 61.1 Å².